The van der Waals surface area contributed by atoms with Gasteiger partial charge in [-0.3, -0.25) is 0 Å². The van der Waals surface area contributed by atoms with Gasteiger partial charge in [0.2, 0.25) is 10.0 Å². The number of hydrogen-bond donors (Lipinski definition) is 2. The molecule has 1 aliphatic rings. The normalized spacial score (nSPS) is 27.1. The van der Waals surface area contributed by atoms with E-state index >= 15 is 0 Å². The Labute approximate surface area is 96.0 Å². The summed E-state index contributed by atoms with van der Waals surface area (Å²) in [6.45, 7) is -0.0773. The second kappa shape index (κ2) is 4.99. The van der Waals surface area contributed by atoms with E-state index < -0.39 is 24.9 Å². The van der Waals surface area contributed by atoms with Crippen LogP contribution in [0.2, 0.25) is 0 Å². The Morgan fingerprint density at radius 2 is 1.88 bits per heavy atom. The maximum absolute atomic E-state index is 11.5. The van der Waals surface area contributed by atoms with Crippen LogP contribution >= 0.6 is 0 Å². The summed E-state index contributed by atoms with van der Waals surface area (Å²) in [5, 5.41) is 8.12. The number of rotatable bonds is 5. The fourth-order valence-corrected chi connectivity index (χ4v) is 5.26. The predicted octanol–water partition coefficient (Wildman–Crippen LogP) is -0.931. The summed E-state index contributed by atoms with van der Waals surface area (Å²) in [7, 11) is -7.38. The zero-order valence-electron chi connectivity index (χ0n) is 9.09. The molecule has 0 spiro atoms. The van der Waals surface area contributed by atoms with Crippen molar-refractivity contribution >= 4 is 19.9 Å². The summed E-state index contributed by atoms with van der Waals surface area (Å²) in [5.41, 5.74) is 0. The number of sulfone groups is 1. The van der Waals surface area contributed by atoms with E-state index in [1.807, 2.05) is 0 Å². The summed E-state index contributed by atoms with van der Waals surface area (Å²) in [6.07, 6.45) is 3.14. The molecular formula is C8H17NO5S2. The molecule has 0 heterocycles. The van der Waals surface area contributed by atoms with Gasteiger partial charge in [-0.25, -0.2) is 21.6 Å². The average molecular weight is 271 g/mol. The van der Waals surface area contributed by atoms with Crippen LogP contribution in [0.15, 0.2) is 0 Å². The van der Waals surface area contributed by atoms with Crippen molar-refractivity contribution in [3.8, 4) is 0 Å². The molecule has 6 nitrogen and oxygen atoms in total. The lowest BCUT2D eigenvalue weighted by Crippen LogP contribution is -2.40. The van der Waals surface area contributed by atoms with Gasteiger partial charge in [-0.15, -0.1) is 0 Å². The minimum absolute atomic E-state index is 0.0773. The lowest BCUT2D eigenvalue weighted by atomic mass is 10.1. The Morgan fingerprint density at radius 3 is 2.38 bits per heavy atom. The summed E-state index contributed by atoms with van der Waals surface area (Å²) in [4.78, 5) is 0. The van der Waals surface area contributed by atoms with Gasteiger partial charge < -0.3 is 5.11 Å². The molecule has 96 valence electrons. The van der Waals surface area contributed by atoms with Crippen molar-refractivity contribution in [3.63, 3.8) is 0 Å². The fourth-order valence-electron chi connectivity index (χ4n) is 1.96. The number of aliphatic hydroxyl groups excluding tert-OH is 1. The van der Waals surface area contributed by atoms with Crippen molar-refractivity contribution in [3.05, 3.63) is 0 Å². The van der Waals surface area contributed by atoms with Gasteiger partial charge in [-0.2, -0.15) is 0 Å². The monoisotopic (exact) mass is 271 g/mol. The predicted molar refractivity (Wildman–Crippen MR) is 60.0 cm³/mol. The SMILES string of the molecule is CS(=O)(=O)CS(=O)(=O)NC1CCCC1CO. The lowest BCUT2D eigenvalue weighted by molar-refractivity contribution is 0.213. The molecule has 0 aromatic carbocycles. The highest BCUT2D eigenvalue weighted by Gasteiger charge is 2.31. The molecule has 0 bridgehead atoms. The van der Waals surface area contributed by atoms with Gasteiger partial charge in [0.15, 0.2) is 14.9 Å². The lowest BCUT2D eigenvalue weighted by Gasteiger charge is -2.18. The standard InChI is InChI=1S/C8H17NO5S2/c1-15(11,12)6-16(13,14)9-8-4-2-3-7(8)5-10/h7-10H,2-6H2,1H3. The van der Waals surface area contributed by atoms with E-state index in [4.69, 9.17) is 5.11 Å². The highest BCUT2D eigenvalue weighted by atomic mass is 32.3. The van der Waals surface area contributed by atoms with E-state index in [9.17, 15) is 16.8 Å². The second-order valence-corrected chi connectivity index (χ2v) is 8.52. The average Bonchev–Trinajstić information content (AvgIpc) is 2.45. The van der Waals surface area contributed by atoms with Gasteiger partial charge in [0, 0.05) is 18.9 Å². The zero-order chi connectivity index (χ0) is 12.4. The summed E-state index contributed by atoms with van der Waals surface area (Å²) in [5.74, 6) is -0.102. The molecular weight excluding hydrogens is 254 g/mol. The summed E-state index contributed by atoms with van der Waals surface area (Å²) < 4.78 is 47.1. The Bertz CT molecular complexity index is 427. The highest BCUT2D eigenvalue weighted by Crippen LogP contribution is 2.25. The largest absolute Gasteiger partial charge is 0.396 e. The molecule has 0 aromatic rings. The topological polar surface area (TPSA) is 101 Å². The zero-order valence-corrected chi connectivity index (χ0v) is 10.7. The minimum atomic E-state index is -3.81. The van der Waals surface area contributed by atoms with Gasteiger partial charge in [0.25, 0.3) is 0 Å². The molecule has 0 aliphatic heterocycles. The van der Waals surface area contributed by atoms with Crippen LogP contribution in [0.5, 0.6) is 0 Å². The highest BCUT2D eigenvalue weighted by molar-refractivity contribution is 8.06. The molecule has 16 heavy (non-hydrogen) atoms. The number of sulfonamides is 1. The maximum Gasteiger partial charge on any atom is 0.226 e. The molecule has 0 aromatic heterocycles. The Kier molecular flexibility index (Phi) is 4.33. The Hall–Kier alpha value is -0.180. The van der Waals surface area contributed by atoms with Crippen molar-refractivity contribution in [2.45, 2.75) is 25.3 Å². The first-order valence-corrected chi connectivity index (χ1v) is 8.73. The van der Waals surface area contributed by atoms with E-state index in [0.29, 0.717) is 6.42 Å². The molecule has 1 rings (SSSR count). The number of nitrogens with one attached hydrogen (secondary N) is 1. The third kappa shape index (κ3) is 4.36. The van der Waals surface area contributed by atoms with E-state index in [0.717, 1.165) is 19.1 Å². The molecule has 1 fully saturated rings. The second-order valence-electron chi connectivity index (χ2n) is 4.26. The third-order valence-electron chi connectivity index (χ3n) is 2.59. The van der Waals surface area contributed by atoms with Crippen molar-refractivity contribution in [2.75, 3.05) is 17.9 Å². The third-order valence-corrected chi connectivity index (χ3v) is 6.21. The summed E-state index contributed by atoms with van der Waals surface area (Å²) in [6, 6.07) is -0.336. The fraction of sp³-hybridized carbons (Fsp3) is 1.00. The Morgan fingerprint density at radius 1 is 1.25 bits per heavy atom. The van der Waals surface area contributed by atoms with E-state index in [-0.39, 0.29) is 18.6 Å². The molecule has 0 radical (unpaired) electrons. The molecule has 2 atom stereocenters. The van der Waals surface area contributed by atoms with Crippen LogP contribution < -0.4 is 4.72 Å². The quantitative estimate of drug-likeness (QED) is 0.673. The van der Waals surface area contributed by atoms with Crippen LogP contribution in [0.1, 0.15) is 19.3 Å². The van der Waals surface area contributed by atoms with Gasteiger partial charge in [-0.1, -0.05) is 6.42 Å². The molecule has 1 aliphatic carbocycles. The smallest absolute Gasteiger partial charge is 0.226 e. The van der Waals surface area contributed by atoms with E-state index in [1.54, 1.807) is 0 Å². The molecule has 8 heteroatoms. The van der Waals surface area contributed by atoms with Crippen LogP contribution in [0.4, 0.5) is 0 Å². The summed E-state index contributed by atoms with van der Waals surface area (Å²) >= 11 is 0. The van der Waals surface area contributed by atoms with Crippen LogP contribution in [-0.2, 0) is 19.9 Å². The van der Waals surface area contributed by atoms with Crippen LogP contribution in [-0.4, -0.2) is 45.9 Å². The van der Waals surface area contributed by atoms with Gasteiger partial charge >= 0.3 is 0 Å². The van der Waals surface area contributed by atoms with Crippen LogP contribution in [0.25, 0.3) is 0 Å². The first-order chi connectivity index (χ1) is 7.23. The van der Waals surface area contributed by atoms with E-state index in [2.05, 4.69) is 4.72 Å². The first kappa shape index (κ1) is 13.9. The number of aliphatic hydroxyl groups is 1. The van der Waals surface area contributed by atoms with Gasteiger partial charge in [0.05, 0.1) is 0 Å². The van der Waals surface area contributed by atoms with E-state index in [1.165, 1.54) is 0 Å². The maximum atomic E-state index is 11.5. The molecule has 0 saturated heterocycles. The first-order valence-electron chi connectivity index (χ1n) is 5.02. The van der Waals surface area contributed by atoms with Crippen LogP contribution in [0, 0.1) is 5.92 Å². The Balaban J connectivity index is 2.66. The van der Waals surface area contributed by atoms with Crippen molar-refractivity contribution in [2.24, 2.45) is 5.92 Å². The van der Waals surface area contributed by atoms with Gasteiger partial charge in [-0.05, 0) is 18.8 Å². The van der Waals surface area contributed by atoms with Crippen molar-refractivity contribution < 1.29 is 21.9 Å². The van der Waals surface area contributed by atoms with Crippen molar-refractivity contribution in [1.29, 1.82) is 0 Å². The van der Waals surface area contributed by atoms with Crippen LogP contribution in [0.3, 0.4) is 0 Å². The molecule has 0 amide bonds. The van der Waals surface area contributed by atoms with Gasteiger partial charge in [0.1, 0.15) is 0 Å². The van der Waals surface area contributed by atoms with Crippen molar-refractivity contribution in [1.82, 2.24) is 4.72 Å². The molecule has 2 unspecified atom stereocenters. The number of hydrogen-bond acceptors (Lipinski definition) is 5. The molecule has 1 saturated carbocycles. The minimum Gasteiger partial charge on any atom is -0.396 e. The molecule has 2 N–H and O–H groups in total.